The van der Waals surface area contributed by atoms with Gasteiger partial charge in [-0.1, -0.05) is 0 Å². The molecule has 1 aliphatic heterocycles. The van der Waals surface area contributed by atoms with Crippen LogP contribution in [-0.4, -0.2) is 55.0 Å². The summed E-state index contributed by atoms with van der Waals surface area (Å²) < 4.78 is 31.1. The maximum absolute atomic E-state index is 12.4. The lowest BCUT2D eigenvalue weighted by molar-refractivity contribution is 0.259. The molecule has 2 unspecified atom stereocenters. The van der Waals surface area contributed by atoms with Crippen molar-refractivity contribution in [2.24, 2.45) is 5.92 Å². The van der Waals surface area contributed by atoms with Crippen LogP contribution in [0.4, 0.5) is 0 Å². The van der Waals surface area contributed by atoms with Crippen LogP contribution in [0.3, 0.4) is 0 Å². The summed E-state index contributed by atoms with van der Waals surface area (Å²) in [5.74, 6) is 0.393. The highest BCUT2D eigenvalue weighted by Crippen LogP contribution is 2.18. The molecule has 1 aromatic rings. The molecule has 1 saturated heterocycles. The van der Waals surface area contributed by atoms with E-state index in [9.17, 15) is 8.42 Å². The Balaban J connectivity index is 1.91. The first-order chi connectivity index (χ1) is 10.0. The first kappa shape index (κ1) is 16.4. The maximum atomic E-state index is 12.4. The molecule has 2 rings (SSSR count). The second-order valence-electron chi connectivity index (χ2n) is 5.71. The lowest BCUT2D eigenvalue weighted by Crippen LogP contribution is -2.50. The summed E-state index contributed by atoms with van der Waals surface area (Å²) in [4.78, 5) is 3.96. The van der Waals surface area contributed by atoms with Crippen molar-refractivity contribution in [1.82, 2.24) is 23.9 Å². The monoisotopic (exact) mass is 315 g/mol. The zero-order valence-corrected chi connectivity index (χ0v) is 13.5. The van der Waals surface area contributed by atoms with Gasteiger partial charge in [0.25, 0.3) is 10.2 Å². The van der Waals surface area contributed by atoms with E-state index in [1.807, 2.05) is 24.7 Å². The fraction of sp³-hybridized carbons (Fsp3) is 0.769. The molecule has 1 aliphatic rings. The molecule has 0 aliphatic carbocycles. The van der Waals surface area contributed by atoms with E-state index in [-0.39, 0.29) is 6.04 Å². The topological polar surface area (TPSA) is 79.3 Å². The Morgan fingerprint density at radius 1 is 1.48 bits per heavy atom. The number of hydrogen-bond acceptors (Lipinski definition) is 4. The van der Waals surface area contributed by atoms with Crippen LogP contribution in [0.1, 0.15) is 19.8 Å². The normalized spacial score (nSPS) is 22.3. The third kappa shape index (κ3) is 4.77. The van der Waals surface area contributed by atoms with Gasteiger partial charge in [0.2, 0.25) is 0 Å². The first-order valence-corrected chi connectivity index (χ1v) is 8.83. The largest absolute Gasteiger partial charge is 0.336 e. The first-order valence-electron chi connectivity index (χ1n) is 7.39. The molecule has 2 N–H and O–H groups in total. The number of piperidine rings is 1. The van der Waals surface area contributed by atoms with Gasteiger partial charge in [0.15, 0.2) is 0 Å². The predicted octanol–water partition coefficient (Wildman–Crippen LogP) is 0.0374. The lowest BCUT2D eigenvalue weighted by atomic mass is 10.00. The molecule has 0 amide bonds. The van der Waals surface area contributed by atoms with Crippen molar-refractivity contribution in [2.45, 2.75) is 32.4 Å². The zero-order chi connectivity index (χ0) is 15.3. The summed E-state index contributed by atoms with van der Waals surface area (Å²) in [6.07, 6.45) is 7.21. The number of hydrogen-bond donors (Lipinski definition) is 2. The van der Waals surface area contributed by atoms with Crippen molar-refractivity contribution in [3.63, 3.8) is 0 Å². The summed E-state index contributed by atoms with van der Waals surface area (Å²) in [5, 5.41) is 3.13. The number of imidazole rings is 1. The Bertz CT molecular complexity index is 515. The SMILES string of the molecule is CNCC1CCCN(S(=O)(=O)NC(C)Cn2ccnc2)C1. The van der Waals surface area contributed by atoms with Crippen molar-refractivity contribution in [1.29, 1.82) is 0 Å². The Morgan fingerprint density at radius 2 is 2.29 bits per heavy atom. The van der Waals surface area contributed by atoms with E-state index in [0.717, 1.165) is 19.4 Å². The molecule has 0 radical (unpaired) electrons. The van der Waals surface area contributed by atoms with E-state index in [4.69, 9.17) is 0 Å². The highest BCUT2D eigenvalue weighted by Gasteiger charge is 2.29. The molecule has 7 nitrogen and oxygen atoms in total. The fourth-order valence-corrected chi connectivity index (χ4v) is 4.29. The Labute approximate surface area is 126 Å². The molecular weight excluding hydrogens is 290 g/mol. The van der Waals surface area contributed by atoms with E-state index < -0.39 is 10.2 Å². The molecule has 0 aromatic carbocycles. The molecule has 2 atom stereocenters. The third-order valence-electron chi connectivity index (χ3n) is 3.71. The van der Waals surface area contributed by atoms with E-state index in [1.54, 1.807) is 16.8 Å². The van der Waals surface area contributed by atoms with E-state index in [2.05, 4.69) is 15.0 Å². The van der Waals surface area contributed by atoms with Crippen LogP contribution in [-0.2, 0) is 16.8 Å². The van der Waals surface area contributed by atoms with Gasteiger partial charge in [0.05, 0.1) is 6.33 Å². The Kier molecular flexibility index (Phi) is 5.74. The average Bonchev–Trinajstić information content (AvgIpc) is 2.91. The van der Waals surface area contributed by atoms with Crippen molar-refractivity contribution >= 4 is 10.2 Å². The van der Waals surface area contributed by atoms with Gasteiger partial charge in [-0.15, -0.1) is 0 Å². The van der Waals surface area contributed by atoms with Gasteiger partial charge < -0.3 is 9.88 Å². The molecule has 21 heavy (non-hydrogen) atoms. The minimum absolute atomic E-state index is 0.172. The van der Waals surface area contributed by atoms with E-state index in [1.165, 1.54) is 0 Å². The molecule has 0 bridgehead atoms. The van der Waals surface area contributed by atoms with E-state index >= 15 is 0 Å². The predicted molar refractivity (Wildman–Crippen MR) is 82.0 cm³/mol. The van der Waals surface area contributed by atoms with Crippen LogP contribution in [0.2, 0.25) is 0 Å². The fourth-order valence-electron chi connectivity index (χ4n) is 2.78. The van der Waals surface area contributed by atoms with Crippen LogP contribution < -0.4 is 10.0 Å². The van der Waals surface area contributed by atoms with Gasteiger partial charge in [0, 0.05) is 38.1 Å². The van der Waals surface area contributed by atoms with Crippen molar-refractivity contribution in [2.75, 3.05) is 26.7 Å². The third-order valence-corrected chi connectivity index (χ3v) is 5.42. The van der Waals surface area contributed by atoms with Gasteiger partial charge in [0.1, 0.15) is 0 Å². The second-order valence-corrected chi connectivity index (χ2v) is 7.41. The Morgan fingerprint density at radius 3 is 2.95 bits per heavy atom. The number of aromatic nitrogens is 2. The average molecular weight is 315 g/mol. The van der Waals surface area contributed by atoms with Crippen LogP contribution in [0.15, 0.2) is 18.7 Å². The molecule has 0 spiro atoms. The van der Waals surface area contributed by atoms with Crippen molar-refractivity contribution in [3.05, 3.63) is 18.7 Å². The minimum atomic E-state index is -3.42. The lowest BCUT2D eigenvalue weighted by Gasteiger charge is -2.32. The number of rotatable bonds is 7. The van der Waals surface area contributed by atoms with E-state index in [0.29, 0.717) is 25.6 Å². The summed E-state index contributed by atoms with van der Waals surface area (Å²) >= 11 is 0. The molecule has 1 aromatic heterocycles. The Hall–Kier alpha value is -0.960. The molecule has 1 fully saturated rings. The van der Waals surface area contributed by atoms with Crippen molar-refractivity contribution < 1.29 is 8.42 Å². The zero-order valence-electron chi connectivity index (χ0n) is 12.7. The number of nitrogens with one attached hydrogen (secondary N) is 2. The van der Waals surface area contributed by atoms with Crippen LogP contribution in [0, 0.1) is 5.92 Å². The molecule has 120 valence electrons. The summed E-state index contributed by atoms with van der Waals surface area (Å²) in [6.45, 7) is 4.50. The van der Waals surface area contributed by atoms with Gasteiger partial charge in [-0.3, -0.25) is 0 Å². The maximum Gasteiger partial charge on any atom is 0.279 e. The number of nitrogens with zero attached hydrogens (tertiary/aromatic N) is 3. The van der Waals surface area contributed by atoms with Crippen molar-refractivity contribution in [3.8, 4) is 0 Å². The summed E-state index contributed by atoms with van der Waals surface area (Å²) in [7, 11) is -1.51. The van der Waals surface area contributed by atoms with Crippen LogP contribution in [0.25, 0.3) is 0 Å². The quantitative estimate of drug-likeness (QED) is 0.744. The second kappa shape index (κ2) is 7.35. The van der Waals surface area contributed by atoms with Gasteiger partial charge in [-0.25, -0.2) is 4.98 Å². The standard InChI is InChI=1S/C13H25N5O2S/c1-12(9-17-7-5-15-11-17)16-21(19,20)18-6-3-4-13(10-18)8-14-2/h5,7,11-14,16H,3-4,6,8-10H2,1-2H3. The smallest absolute Gasteiger partial charge is 0.279 e. The van der Waals surface area contributed by atoms with Gasteiger partial charge in [-0.05, 0) is 39.3 Å². The van der Waals surface area contributed by atoms with Gasteiger partial charge in [-0.2, -0.15) is 17.4 Å². The highest BCUT2D eigenvalue weighted by atomic mass is 32.2. The highest BCUT2D eigenvalue weighted by molar-refractivity contribution is 7.87. The summed E-state index contributed by atoms with van der Waals surface area (Å²) in [6, 6.07) is -0.172. The summed E-state index contributed by atoms with van der Waals surface area (Å²) in [5.41, 5.74) is 0. The minimum Gasteiger partial charge on any atom is -0.336 e. The van der Waals surface area contributed by atoms with Crippen LogP contribution >= 0.6 is 0 Å². The van der Waals surface area contributed by atoms with Crippen LogP contribution in [0.5, 0.6) is 0 Å². The molecular formula is C13H25N5O2S. The molecule has 0 saturated carbocycles. The molecule has 8 heteroatoms. The van der Waals surface area contributed by atoms with Gasteiger partial charge >= 0.3 is 0 Å². The molecule has 2 heterocycles.